The molecule has 2 heterocycles. The monoisotopic (exact) mass is 573 g/mol. The van der Waals surface area contributed by atoms with E-state index in [1.165, 1.54) is 4.57 Å². The molecule has 2 aromatic rings. The quantitative estimate of drug-likeness (QED) is 0.365. The molecule has 1 aliphatic rings. The fourth-order valence-electron chi connectivity index (χ4n) is 4.00. The van der Waals surface area contributed by atoms with E-state index in [1.807, 2.05) is 6.07 Å². The van der Waals surface area contributed by atoms with Gasteiger partial charge in [0.15, 0.2) is 16.6 Å². The topological polar surface area (TPSA) is 91.7 Å². The van der Waals surface area contributed by atoms with E-state index in [9.17, 15) is 9.59 Å². The molecule has 1 N–H and O–H groups in total. The lowest BCUT2D eigenvalue weighted by atomic mass is 10.0. The molecule has 0 saturated carbocycles. The van der Waals surface area contributed by atoms with Gasteiger partial charge in [-0.15, -0.1) is 0 Å². The van der Waals surface area contributed by atoms with E-state index >= 15 is 0 Å². The Morgan fingerprint density at radius 1 is 1.00 bits per heavy atom. The van der Waals surface area contributed by atoms with Crippen LogP contribution in [0.5, 0.6) is 0 Å². The molecule has 0 aliphatic carbocycles. The SMILES string of the molecule is C[C@@H]1[C@H](O[Si](C)(C)C(C)(C)C)[C@@H](CO[Si](C)(C)C(C)(C)C)O[C@H]1n1ccc(NC(=O)c2ccccc2)nc1=O. The lowest BCUT2D eigenvalue weighted by Crippen LogP contribution is -2.49. The van der Waals surface area contributed by atoms with Crippen LogP contribution in [0, 0.1) is 5.92 Å². The van der Waals surface area contributed by atoms with Crippen LogP contribution in [0.15, 0.2) is 47.4 Å². The normalized spacial score (nSPS) is 22.6. The summed E-state index contributed by atoms with van der Waals surface area (Å²) < 4.78 is 21.5. The van der Waals surface area contributed by atoms with Gasteiger partial charge in [0.1, 0.15) is 18.1 Å². The van der Waals surface area contributed by atoms with Gasteiger partial charge in [0.05, 0.1) is 12.7 Å². The summed E-state index contributed by atoms with van der Waals surface area (Å²) in [6.45, 7) is 24.7. The Morgan fingerprint density at radius 3 is 2.13 bits per heavy atom. The van der Waals surface area contributed by atoms with Crippen molar-refractivity contribution >= 4 is 28.4 Å². The molecule has 1 saturated heterocycles. The third kappa shape index (κ3) is 7.15. The number of carbonyl (C=O) groups excluding carboxylic acids is 1. The number of anilines is 1. The first-order chi connectivity index (χ1) is 17.8. The van der Waals surface area contributed by atoms with E-state index < -0.39 is 28.6 Å². The van der Waals surface area contributed by atoms with Crippen molar-refractivity contribution < 1.29 is 18.4 Å². The highest BCUT2D eigenvalue weighted by Crippen LogP contribution is 2.44. The summed E-state index contributed by atoms with van der Waals surface area (Å²) in [6.07, 6.45) is 0.520. The molecule has 10 heteroatoms. The molecule has 0 unspecified atom stereocenters. The second-order valence-corrected chi connectivity index (χ2v) is 23.2. The lowest BCUT2D eigenvalue weighted by Gasteiger charge is -2.41. The van der Waals surface area contributed by atoms with Gasteiger partial charge in [-0.3, -0.25) is 9.36 Å². The van der Waals surface area contributed by atoms with Crippen molar-refractivity contribution in [2.24, 2.45) is 5.92 Å². The number of amides is 1. The van der Waals surface area contributed by atoms with E-state index in [1.54, 1.807) is 36.5 Å². The van der Waals surface area contributed by atoms with Crippen LogP contribution in [-0.2, 0) is 13.6 Å². The Bertz CT molecular complexity index is 1200. The molecule has 1 aromatic carbocycles. The Morgan fingerprint density at radius 2 is 1.59 bits per heavy atom. The van der Waals surface area contributed by atoms with Crippen LogP contribution in [0.2, 0.25) is 36.3 Å². The van der Waals surface area contributed by atoms with Gasteiger partial charge in [0.2, 0.25) is 0 Å². The van der Waals surface area contributed by atoms with Crippen LogP contribution in [0.1, 0.15) is 65.1 Å². The molecule has 0 spiro atoms. The highest BCUT2D eigenvalue weighted by Gasteiger charge is 2.50. The van der Waals surface area contributed by atoms with Crippen LogP contribution >= 0.6 is 0 Å². The minimum absolute atomic E-state index is 0.0205. The molecule has 216 valence electrons. The Hall–Kier alpha value is -2.12. The van der Waals surface area contributed by atoms with Gasteiger partial charge < -0.3 is 18.9 Å². The van der Waals surface area contributed by atoms with E-state index in [4.69, 9.17) is 13.6 Å². The lowest BCUT2D eigenvalue weighted by molar-refractivity contribution is -0.0435. The molecule has 1 aromatic heterocycles. The summed E-state index contributed by atoms with van der Waals surface area (Å²) in [7, 11) is -4.17. The molecule has 0 radical (unpaired) electrons. The fraction of sp³-hybridized carbons (Fsp3) is 0.621. The van der Waals surface area contributed by atoms with Gasteiger partial charge >= 0.3 is 5.69 Å². The first-order valence-electron chi connectivity index (χ1n) is 13.8. The molecule has 1 amide bonds. The van der Waals surface area contributed by atoms with Gasteiger partial charge in [-0.05, 0) is 54.5 Å². The second kappa shape index (κ2) is 11.4. The number of carbonyl (C=O) groups is 1. The largest absolute Gasteiger partial charge is 0.414 e. The van der Waals surface area contributed by atoms with Crippen LogP contribution < -0.4 is 11.0 Å². The summed E-state index contributed by atoms with van der Waals surface area (Å²) >= 11 is 0. The zero-order valence-corrected chi connectivity index (χ0v) is 27.5. The third-order valence-corrected chi connectivity index (χ3v) is 17.7. The summed E-state index contributed by atoms with van der Waals surface area (Å²) in [5.41, 5.74) is 0.00109. The van der Waals surface area contributed by atoms with Crippen LogP contribution in [0.3, 0.4) is 0 Å². The number of aromatic nitrogens is 2. The zero-order valence-electron chi connectivity index (χ0n) is 25.5. The molecule has 1 aliphatic heterocycles. The molecule has 0 bridgehead atoms. The van der Waals surface area contributed by atoms with E-state index in [-0.39, 0.29) is 39.9 Å². The highest BCUT2D eigenvalue weighted by molar-refractivity contribution is 6.74. The first kappa shape index (κ1) is 31.4. The van der Waals surface area contributed by atoms with Crippen molar-refractivity contribution in [3.63, 3.8) is 0 Å². The van der Waals surface area contributed by atoms with Crippen LogP contribution in [-0.4, -0.2) is 50.9 Å². The number of benzene rings is 1. The number of ether oxygens (including phenoxy) is 1. The maximum atomic E-state index is 13.2. The summed E-state index contributed by atoms with van der Waals surface area (Å²) in [4.78, 5) is 29.8. The summed E-state index contributed by atoms with van der Waals surface area (Å²) in [5, 5.41) is 2.79. The first-order valence-corrected chi connectivity index (χ1v) is 19.6. The van der Waals surface area contributed by atoms with Gasteiger partial charge in [-0.25, -0.2) is 4.79 Å². The molecular formula is C29H47N3O5Si2. The molecule has 39 heavy (non-hydrogen) atoms. The van der Waals surface area contributed by atoms with Crippen LogP contribution in [0.25, 0.3) is 0 Å². The standard InChI is InChI=1S/C29H47N3O5Si2/c1-20-24(37-39(10,11)29(5,6)7)22(19-35-38(8,9)28(2,3)4)36-26(20)32-18-17-23(31-27(32)34)30-25(33)21-15-13-12-14-16-21/h12-18,20,22,24,26H,19H2,1-11H3,(H,30,31,33,34)/t20-,22-,24+,26-/m1/s1. The minimum atomic E-state index is -2.14. The Balaban J connectivity index is 1.86. The van der Waals surface area contributed by atoms with Crippen molar-refractivity contribution in [3.8, 4) is 0 Å². The molecule has 1 fully saturated rings. The number of nitrogens with zero attached hydrogens (tertiary/aromatic N) is 2. The average molecular weight is 574 g/mol. The summed E-state index contributed by atoms with van der Waals surface area (Å²) in [6, 6.07) is 10.4. The fourth-order valence-corrected chi connectivity index (χ4v) is 6.41. The second-order valence-electron chi connectivity index (χ2n) is 13.7. The Labute approximate surface area is 235 Å². The van der Waals surface area contributed by atoms with Crippen molar-refractivity contribution in [1.82, 2.24) is 9.55 Å². The average Bonchev–Trinajstić information content (AvgIpc) is 3.11. The van der Waals surface area contributed by atoms with Gasteiger partial charge in [-0.1, -0.05) is 66.7 Å². The van der Waals surface area contributed by atoms with Crippen molar-refractivity contribution in [3.05, 3.63) is 58.6 Å². The predicted molar refractivity (Wildman–Crippen MR) is 161 cm³/mol. The van der Waals surface area contributed by atoms with Gasteiger partial charge in [0.25, 0.3) is 5.91 Å². The predicted octanol–water partition coefficient (Wildman–Crippen LogP) is 6.44. The van der Waals surface area contributed by atoms with E-state index in [2.05, 4.69) is 85.0 Å². The Kier molecular flexibility index (Phi) is 9.18. The minimum Gasteiger partial charge on any atom is -0.414 e. The van der Waals surface area contributed by atoms with Crippen molar-refractivity contribution in [2.75, 3.05) is 11.9 Å². The third-order valence-electron chi connectivity index (χ3n) is 8.68. The van der Waals surface area contributed by atoms with Gasteiger partial charge in [-0.2, -0.15) is 4.98 Å². The highest BCUT2D eigenvalue weighted by atomic mass is 28.4. The molecule has 8 nitrogen and oxygen atoms in total. The van der Waals surface area contributed by atoms with Crippen molar-refractivity contribution in [2.45, 2.75) is 103 Å². The molecule has 3 rings (SSSR count). The summed E-state index contributed by atoms with van der Waals surface area (Å²) in [5.74, 6) is -0.240. The zero-order chi connectivity index (χ0) is 29.4. The van der Waals surface area contributed by atoms with Gasteiger partial charge in [0, 0.05) is 17.7 Å². The molecule has 4 atom stereocenters. The smallest absolute Gasteiger partial charge is 0.351 e. The van der Waals surface area contributed by atoms with E-state index in [0.29, 0.717) is 12.2 Å². The number of rotatable bonds is 8. The van der Waals surface area contributed by atoms with Crippen LogP contribution in [0.4, 0.5) is 5.82 Å². The number of hydrogen-bond donors (Lipinski definition) is 1. The number of nitrogens with one attached hydrogen (secondary N) is 1. The van der Waals surface area contributed by atoms with Crippen molar-refractivity contribution in [1.29, 1.82) is 0 Å². The molecular weight excluding hydrogens is 527 g/mol. The maximum Gasteiger partial charge on any atom is 0.351 e. The maximum absolute atomic E-state index is 13.2. The van der Waals surface area contributed by atoms with E-state index in [0.717, 1.165) is 0 Å². The number of hydrogen-bond acceptors (Lipinski definition) is 6.